The maximum atomic E-state index is 7.30. The number of aromatic nitrogens is 1. The minimum absolute atomic E-state index is 0.00381. The van der Waals surface area contributed by atoms with E-state index in [1.54, 1.807) is 12.3 Å². The van der Waals surface area contributed by atoms with E-state index in [9.17, 15) is 0 Å². The molecule has 1 aliphatic rings. The molecule has 1 saturated heterocycles. The van der Waals surface area contributed by atoms with E-state index >= 15 is 0 Å². The standard InChI is InChI=1S/C12H18N4O/c1-9-8-16(5-2-6-17-9)10-3-4-11(12(13)14)15-7-10/h3-4,7,9H,2,5-6,8H2,1H3,(H3,13,14). The first-order valence-electron chi connectivity index (χ1n) is 5.84. The molecule has 3 N–H and O–H groups in total. The van der Waals surface area contributed by atoms with Gasteiger partial charge in [-0.3, -0.25) is 10.4 Å². The van der Waals surface area contributed by atoms with Crippen molar-refractivity contribution in [3.8, 4) is 0 Å². The third kappa shape index (κ3) is 2.94. The van der Waals surface area contributed by atoms with Crippen molar-refractivity contribution in [1.29, 1.82) is 5.41 Å². The molecule has 5 nitrogen and oxygen atoms in total. The van der Waals surface area contributed by atoms with Gasteiger partial charge in [0.1, 0.15) is 11.5 Å². The molecule has 1 atom stereocenters. The van der Waals surface area contributed by atoms with Crippen LogP contribution in [0.2, 0.25) is 0 Å². The lowest BCUT2D eigenvalue weighted by atomic mass is 10.2. The van der Waals surface area contributed by atoms with E-state index in [0.29, 0.717) is 5.69 Å². The first-order valence-corrected chi connectivity index (χ1v) is 5.84. The van der Waals surface area contributed by atoms with Crippen molar-refractivity contribution in [2.45, 2.75) is 19.4 Å². The van der Waals surface area contributed by atoms with Gasteiger partial charge in [0.25, 0.3) is 0 Å². The van der Waals surface area contributed by atoms with Gasteiger partial charge in [0.2, 0.25) is 0 Å². The minimum atomic E-state index is 0.00381. The summed E-state index contributed by atoms with van der Waals surface area (Å²) in [6.07, 6.45) is 3.04. The van der Waals surface area contributed by atoms with E-state index in [-0.39, 0.29) is 11.9 Å². The van der Waals surface area contributed by atoms with Crippen molar-refractivity contribution in [1.82, 2.24) is 4.98 Å². The number of nitrogens with two attached hydrogens (primary N) is 1. The minimum Gasteiger partial charge on any atom is -0.382 e. The van der Waals surface area contributed by atoms with Gasteiger partial charge in [-0.05, 0) is 25.5 Å². The molecule has 0 radical (unpaired) electrons. The van der Waals surface area contributed by atoms with Crippen LogP contribution in [0.15, 0.2) is 18.3 Å². The summed E-state index contributed by atoms with van der Waals surface area (Å²) < 4.78 is 5.60. The zero-order valence-electron chi connectivity index (χ0n) is 10.0. The maximum Gasteiger partial charge on any atom is 0.141 e. The number of hydrogen-bond acceptors (Lipinski definition) is 4. The molecular weight excluding hydrogens is 216 g/mol. The molecule has 1 aromatic heterocycles. The zero-order valence-corrected chi connectivity index (χ0v) is 10.0. The summed E-state index contributed by atoms with van der Waals surface area (Å²) in [5, 5.41) is 7.30. The average molecular weight is 234 g/mol. The van der Waals surface area contributed by atoms with Crippen LogP contribution in [0.5, 0.6) is 0 Å². The summed E-state index contributed by atoms with van der Waals surface area (Å²) in [7, 11) is 0. The second-order valence-corrected chi connectivity index (χ2v) is 4.30. The summed E-state index contributed by atoms with van der Waals surface area (Å²) in [6, 6.07) is 3.75. The van der Waals surface area contributed by atoms with E-state index in [4.69, 9.17) is 15.9 Å². The Balaban J connectivity index is 2.12. The lowest BCUT2D eigenvalue weighted by Gasteiger charge is -2.23. The third-order valence-electron chi connectivity index (χ3n) is 2.84. The lowest BCUT2D eigenvalue weighted by molar-refractivity contribution is 0.0821. The van der Waals surface area contributed by atoms with Crippen LogP contribution in [0.1, 0.15) is 19.0 Å². The molecule has 1 aromatic rings. The number of nitrogen functional groups attached to an aromatic ring is 1. The Kier molecular flexibility index (Phi) is 3.58. The number of nitrogens with zero attached hydrogens (tertiary/aromatic N) is 2. The fraction of sp³-hybridized carbons (Fsp3) is 0.500. The molecule has 0 amide bonds. The molecule has 17 heavy (non-hydrogen) atoms. The second-order valence-electron chi connectivity index (χ2n) is 4.30. The number of nitrogens with one attached hydrogen (secondary N) is 1. The van der Waals surface area contributed by atoms with Crippen LogP contribution in [0, 0.1) is 5.41 Å². The van der Waals surface area contributed by atoms with E-state index in [1.165, 1.54) is 0 Å². The van der Waals surface area contributed by atoms with Crippen LogP contribution in [-0.4, -0.2) is 36.6 Å². The Morgan fingerprint density at radius 2 is 2.41 bits per heavy atom. The van der Waals surface area contributed by atoms with Crippen LogP contribution >= 0.6 is 0 Å². The van der Waals surface area contributed by atoms with E-state index in [2.05, 4.69) is 16.8 Å². The maximum absolute atomic E-state index is 7.30. The van der Waals surface area contributed by atoms with Crippen LogP contribution < -0.4 is 10.6 Å². The quantitative estimate of drug-likeness (QED) is 0.591. The van der Waals surface area contributed by atoms with Crippen LogP contribution in [0.25, 0.3) is 0 Å². The van der Waals surface area contributed by atoms with Crippen LogP contribution in [0.4, 0.5) is 5.69 Å². The summed E-state index contributed by atoms with van der Waals surface area (Å²) in [5.74, 6) is 0.00381. The molecule has 0 aliphatic carbocycles. The normalized spacial score (nSPS) is 21.0. The van der Waals surface area contributed by atoms with E-state index < -0.39 is 0 Å². The highest BCUT2D eigenvalue weighted by Crippen LogP contribution is 2.16. The Hall–Kier alpha value is -1.62. The molecule has 5 heteroatoms. The van der Waals surface area contributed by atoms with Crippen LogP contribution in [0.3, 0.4) is 0 Å². The highest BCUT2D eigenvalue weighted by atomic mass is 16.5. The van der Waals surface area contributed by atoms with Crippen molar-refractivity contribution in [2.24, 2.45) is 5.73 Å². The van der Waals surface area contributed by atoms with Gasteiger partial charge in [-0.15, -0.1) is 0 Å². The Morgan fingerprint density at radius 3 is 3.06 bits per heavy atom. The van der Waals surface area contributed by atoms with Gasteiger partial charge in [0.15, 0.2) is 0 Å². The molecule has 1 unspecified atom stereocenters. The smallest absolute Gasteiger partial charge is 0.141 e. The molecule has 1 fully saturated rings. The van der Waals surface area contributed by atoms with Crippen molar-refractivity contribution in [3.63, 3.8) is 0 Å². The second kappa shape index (κ2) is 5.14. The van der Waals surface area contributed by atoms with Gasteiger partial charge >= 0.3 is 0 Å². The molecule has 0 bridgehead atoms. The van der Waals surface area contributed by atoms with Crippen molar-refractivity contribution in [2.75, 3.05) is 24.6 Å². The van der Waals surface area contributed by atoms with Crippen molar-refractivity contribution in [3.05, 3.63) is 24.0 Å². The first-order chi connectivity index (χ1) is 8.16. The molecule has 2 rings (SSSR count). The first kappa shape index (κ1) is 11.9. The Bertz CT molecular complexity index is 390. The molecule has 1 aliphatic heterocycles. The summed E-state index contributed by atoms with van der Waals surface area (Å²) in [4.78, 5) is 6.44. The molecule has 92 valence electrons. The average Bonchev–Trinajstić information content (AvgIpc) is 2.54. The van der Waals surface area contributed by atoms with Gasteiger partial charge in [0.05, 0.1) is 18.0 Å². The monoisotopic (exact) mass is 234 g/mol. The van der Waals surface area contributed by atoms with Gasteiger partial charge in [0, 0.05) is 19.7 Å². The molecule has 0 spiro atoms. The van der Waals surface area contributed by atoms with Crippen molar-refractivity contribution < 1.29 is 4.74 Å². The SMILES string of the molecule is CC1CN(c2ccc(C(=N)N)nc2)CCCO1. The molecule has 0 aromatic carbocycles. The van der Waals surface area contributed by atoms with E-state index in [0.717, 1.165) is 31.8 Å². The summed E-state index contributed by atoms with van der Waals surface area (Å²) >= 11 is 0. The predicted octanol–water partition coefficient (Wildman–Crippen LogP) is 0.981. The van der Waals surface area contributed by atoms with Gasteiger partial charge < -0.3 is 15.4 Å². The fourth-order valence-corrected chi connectivity index (χ4v) is 1.96. The zero-order chi connectivity index (χ0) is 12.3. The number of hydrogen-bond donors (Lipinski definition) is 2. The number of rotatable bonds is 2. The highest BCUT2D eigenvalue weighted by Gasteiger charge is 2.15. The lowest BCUT2D eigenvalue weighted by Crippen LogP contribution is -2.30. The summed E-state index contributed by atoms with van der Waals surface area (Å²) in [5.41, 5.74) is 6.96. The number of amidine groups is 1. The Labute approximate surface area is 101 Å². The molecule has 2 heterocycles. The number of pyridine rings is 1. The van der Waals surface area contributed by atoms with Crippen molar-refractivity contribution >= 4 is 11.5 Å². The topological polar surface area (TPSA) is 75.2 Å². The predicted molar refractivity (Wildman–Crippen MR) is 67.5 cm³/mol. The van der Waals surface area contributed by atoms with Gasteiger partial charge in [-0.2, -0.15) is 0 Å². The number of ether oxygens (including phenoxy) is 1. The van der Waals surface area contributed by atoms with Crippen LogP contribution in [-0.2, 0) is 4.74 Å². The third-order valence-corrected chi connectivity index (χ3v) is 2.84. The van der Waals surface area contributed by atoms with Gasteiger partial charge in [-0.1, -0.05) is 0 Å². The van der Waals surface area contributed by atoms with Gasteiger partial charge in [-0.25, -0.2) is 0 Å². The van der Waals surface area contributed by atoms with E-state index in [1.807, 2.05) is 6.07 Å². The molecule has 0 saturated carbocycles. The molecular formula is C12H18N4O. The fourth-order valence-electron chi connectivity index (χ4n) is 1.96. The highest BCUT2D eigenvalue weighted by molar-refractivity contribution is 5.93. The summed E-state index contributed by atoms with van der Waals surface area (Å²) in [6.45, 7) is 4.75. The number of anilines is 1. The Morgan fingerprint density at radius 1 is 1.59 bits per heavy atom. The largest absolute Gasteiger partial charge is 0.382 e.